The Kier molecular flexibility index (Phi) is 6.19. The van der Waals surface area contributed by atoms with Gasteiger partial charge >= 0.3 is 6.16 Å². The summed E-state index contributed by atoms with van der Waals surface area (Å²) in [5.41, 5.74) is 0.791. The van der Waals surface area contributed by atoms with Crippen LogP contribution in [-0.4, -0.2) is 50.3 Å². The first-order valence-electron chi connectivity index (χ1n) is 14.1. The van der Waals surface area contributed by atoms with Crippen LogP contribution in [0.3, 0.4) is 0 Å². The van der Waals surface area contributed by atoms with Gasteiger partial charge in [-0.05, 0) is 62.9 Å². The normalized spacial score (nSPS) is 42.6. The molecule has 5 rings (SSSR count). The zero-order valence-electron chi connectivity index (χ0n) is 23.7. The number of rotatable bonds is 5. The fourth-order valence-electron chi connectivity index (χ4n) is 8.28. The quantitative estimate of drug-likeness (QED) is 0.224. The molecule has 6 nitrogen and oxygen atoms in total. The maximum Gasteiger partial charge on any atom is 0.509 e. The van der Waals surface area contributed by atoms with Crippen molar-refractivity contribution in [2.45, 2.75) is 136 Å². The molecule has 7 atom stereocenters. The third-order valence-corrected chi connectivity index (χ3v) is 15.4. The van der Waals surface area contributed by atoms with Crippen LogP contribution in [0.4, 0.5) is 4.79 Å². The van der Waals surface area contributed by atoms with Crippen LogP contribution < -0.4 is 0 Å². The molecule has 2 bridgehead atoms. The third-order valence-electron chi connectivity index (χ3n) is 10.7. The van der Waals surface area contributed by atoms with Crippen molar-refractivity contribution in [1.29, 1.82) is 0 Å². The van der Waals surface area contributed by atoms with Gasteiger partial charge in [-0.25, -0.2) is 4.79 Å². The van der Waals surface area contributed by atoms with Crippen molar-refractivity contribution in [2.24, 2.45) is 16.7 Å². The number of fused-ring (bicyclic) bond motifs is 6. The second-order valence-electron chi connectivity index (χ2n) is 13.0. The average molecular weight is 519 g/mol. The van der Waals surface area contributed by atoms with E-state index in [-0.39, 0.29) is 29.6 Å². The van der Waals surface area contributed by atoms with Crippen molar-refractivity contribution in [3.63, 3.8) is 0 Å². The summed E-state index contributed by atoms with van der Waals surface area (Å²) in [5.74, 6) is -0.742. The molecule has 3 fully saturated rings. The molecule has 2 heterocycles. The Hall–Kier alpha value is -1.15. The molecule has 0 aromatic carbocycles. The van der Waals surface area contributed by atoms with Crippen LogP contribution in [0.5, 0.6) is 0 Å². The van der Waals surface area contributed by atoms with Gasteiger partial charge in [0, 0.05) is 23.2 Å². The summed E-state index contributed by atoms with van der Waals surface area (Å²) in [4.78, 5) is 13.0. The molecule has 3 aliphatic carbocycles. The Bertz CT molecular complexity index is 972. The molecule has 202 valence electrons. The van der Waals surface area contributed by atoms with Crippen LogP contribution in [0.15, 0.2) is 23.3 Å². The fraction of sp³-hybridized carbons (Fsp3) is 0.828. The van der Waals surface area contributed by atoms with E-state index in [0.29, 0.717) is 6.42 Å². The van der Waals surface area contributed by atoms with Gasteiger partial charge in [-0.1, -0.05) is 53.7 Å². The highest BCUT2D eigenvalue weighted by Crippen LogP contribution is 2.65. The second kappa shape index (κ2) is 8.42. The number of ether oxygens (including phenoxy) is 4. The Morgan fingerprint density at radius 2 is 1.69 bits per heavy atom. The molecule has 1 spiro atoms. The molecular formula is C29H46O6Si. The van der Waals surface area contributed by atoms with Crippen LogP contribution in [0.2, 0.25) is 18.1 Å². The summed E-state index contributed by atoms with van der Waals surface area (Å²) < 4.78 is 33.3. The van der Waals surface area contributed by atoms with E-state index in [1.54, 1.807) is 0 Å². The van der Waals surface area contributed by atoms with E-state index in [0.717, 1.165) is 31.0 Å². The molecule has 0 N–H and O–H groups in total. The first kappa shape index (κ1) is 26.5. The lowest BCUT2D eigenvalue weighted by Gasteiger charge is -2.59. The van der Waals surface area contributed by atoms with Crippen molar-refractivity contribution in [2.75, 3.05) is 0 Å². The lowest BCUT2D eigenvalue weighted by atomic mass is 9.49. The molecule has 5 aliphatic rings. The Balaban J connectivity index is 1.76. The highest BCUT2D eigenvalue weighted by molar-refractivity contribution is 6.73. The molecule has 1 saturated carbocycles. The van der Waals surface area contributed by atoms with E-state index in [9.17, 15) is 4.79 Å². The van der Waals surface area contributed by atoms with Gasteiger partial charge in [0.25, 0.3) is 0 Å². The summed E-state index contributed by atoms with van der Waals surface area (Å²) >= 11 is 0. The first-order valence-corrected chi connectivity index (χ1v) is 16.6. The third kappa shape index (κ3) is 3.48. The Labute approximate surface area is 218 Å². The molecule has 0 radical (unpaired) electrons. The SMILES string of the molecule is CC[Si](CC)(CC)O[C@H]1C[C@@]23OC(=O)O[C@H]2[C@@H]2C=CCC[C@@]2(C)[C@H]2OC(C)(C)O[C@@H]2C(=C1C)C3(C)C. The van der Waals surface area contributed by atoms with Crippen molar-refractivity contribution < 1.29 is 28.2 Å². The maximum absolute atomic E-state index is 13.0. The first-order chi connectivity index (χ1) is 16.8. The van der Waals surface area contributed by atoms with Gasteiger partial charge in [-0.3, -0.25) is 0 Å². The standard InChI is InChI=1S/C29H46O6Si/c1-10-36(11-2,12-3)35-20-17-29-23(31-25(30)34-29)19-15-13-14-16-28(19,9)24-22(32-27(7,8)33-24)21(18(20)4)26(29,5)6/h13,15,19-20,22-24H,10-12,14,16-17H2,1-9H3/t19-,20-,22+,23-,24-,28+,29+/m0/s1. The molecule has 0 unspecified atom stereocenters. The molecule has 36 heavy (non-hydrogen) atoms. The summed E-state index contributed by atoms with van der Waals surface area (Å²) in [6.45, 7) is 19.8. The van der Waals surface area contributed by atoms with Crippen LogP contribution in [0.1, 0.15) is 81.6 Å². The molecular weight excluding hydrogens is 472 g/mol. The van der Waals surface area contributed by atoms with Crippen molar-refractivity contribution in [3.05, 3.63) is 23.3 Å². The van der Waals surface area contributed by atoms with Crippen molar-refractivity contribution in [3.8, 4) is 0 Å². The minimum Gasteiger partial charge on any atom is -0.426 e. The van der Waals surface area contributed by atoms with E-state index in [2.05, 4.69) is 60.6 Å². The summed E-state index contributed by atoms with van der Waals surface area (Å²) in [5, 5.41) is 0. The molecule has 2 aliphatic heterocycles. The van der Waals surface area contributed by atoms with Crippen LogP contribution >= 0.6 is 0 Å². The zero-order valence-corrected chi connectivity index (χ0v) is 24.7. The van der Waals surface area contributed by atoms with Crippen LogP contribution in [0.25, 0.3) is 0 Å². The number of carbonyl (C=O) groups is 1. The number of hydrogen-bond acceptors (Lipinski definition) is 6. The topological polar surface area (TPSA) is 63.2 Å². The summed E-state index contributed by atoms with van der Waals surface area (Å²) in [7, 11) is -1.95. The van der Waals surface area contributed by atoms with Crippen molar-refractivity contribution >= 4 is 14.5 Å². The lowest BCUT2D eigenvalue weighted by molar-refractivity contribution is -0.168. The van der Waals surface area contributed by atoms with Gasteiger partial charge in [0.2, 0.25) is 0 Å². The highest BCUT2D eigenvalue weighted by atomic mass is 28.4. The van der Waals surface area contributed by atoms with E-state index >= 15 is 0 Å². The van der Waals surface area contributed by atoms with Gasteiger partial charge in [0.1, 0.15) is 6.10 Å². The lowest BCUT2D eigenvalue weighted by Crippen LogP contribution is -2.67. The predicted octanol–water partition coefficient (Wildman–Crippen LogP) is 6.90. The fourth-order valence-corrected chi connectivity index (χ4v) is 11.1. The zero-order chi connectivity index (χ0) is 26.3. The van der Waals surface area contributed by atoms with Crippen LogP contribution in [0, 0.1) is 16.7 Å². The smallest absolute Gasteiger partial charge is 0.426 e. The van der Waals surface area contributed by atoms with Crippen molar-refractivity contribution in [1.82, 2.24) is 0 Å². The Morgan fingerprint density at radius 1 is 1.03 bits per heavy atom. The van der Waals surface area contributed by atoms with Gasteiger partial charge in [-0.2, -0.15) is 0 Å². The van der Waals surface area contributed by atoms with E-state index in [1.807, 2.05) is 13.8 Å². The molecule has 0 aromatic heterocycles. The number of carbonyl (C=O) groups excluding carboxylic acids is 1. The minimum atomic E-state index is -1.95. The molecule has 0 aromatic rings. The van der Waals surface area contributed by atoms with E-state index in [1.165, 1.54) is 11.1 Å². The largest absolute Gasteiger partial charge is 0.509 e. The van der Waals surface area contributed by atoms with Gasteiger partial charge in [0.05, 0.1) is 12.2 Å². The van der Waals surface area contributed by atoms with E-state index < -0.39 is 37.4 Å². The van der Waals surface area contributed by atoms with Crippen LogP contribution in [-0.2, 0) is 23.4 Å². The molecule has 0 amide bonds. The molecule has 7 heteroatoms. The Morgan fingerprint density at radius 3 is 2.33 bits per heavy atom. The minimum absolute atomic E-state index is 0.0342. The molecule has 2 saturated heterocycles. The second-order valence-corrected chi connectivity index (χ2v) is 17.8. The summed E-state index contributed by atoms with van der Waals surface area (Å²) in [6.07, 6.45) is 5.52. The van der Waals surface area contributed by atoms with Gasteiger partial charge in [0.15, 0.2) is 25.8 Å². The number of allylic oxidation sites excluding steroid dienone is 1. The number of hydrogen-bond donors (Lipinski definition) is 0. The monoisotopic (exact) mass is 518 g/mol. The van der Waals surface area contributed by atoms with E-state index in [4.69, 9.17) is 23.4 Å². The van der Waals surface area contributed by atoms with Gasteiger partial charge in [-0.15, -0.1) is 0 Å². The highest BCUT2D eigenvalue weighted by Gasteiger charge is 2.73. The maximum atomic E-state index is 13.0. The summed E-state index contributed by atoms with van der Waals surface area (Å²) in [6, 6.07) is 3.20. The van der Waals surface area contributed by atoms with Gasteiger partial charge < -0.3 is 23.4 Å². The average Bonchev–Trinajstić information content (AvgIpc) is 3.32. The predicted molar refractivity (Wildman–Crippen MR) is 141 cm³/mol.